The summed E-state index contributed by atoms with van der Waals surface area (Å²) < 4.78 is 0. The van der Waals surface area contributed by atoms with Crippen molar-refractivity contribution in [1.29, 1.82) is 0 Å². The van der Waals surface area contributed by atoms with E-state index >= 15 is 0 Å². The molecule has 3 atom stereocenters. The normalized spacial score (nSPS) is 12.1. The van der Waals surface area contributed by atoms with E-state index in [2.05, 4.69) is 0 Å². The molecule has 37 heavy (non-hydrogen) atoms. The van der Waals surface area contributed by atoms with Crippen LogP contribution in [0.4, 0.5) is 0 Å². The molecule has 3 aromatic rings. The maximum absolute atomic E-state index is 10.3. The summed E-state index contributed by atoms with van der Waals surface area (Å²) in [5.74, 6) is -3.63. The van der Waals surface area contributed by atoms with Crippen LogP contribution in [-0.2, 0) is 51.0 Å². The Morgan fingerprint density at radius 1 is 0.486 bits per heavy atom. The van der Waals surface area contributed by atoms with Crippen LogP contribution >= 0.6 is 0 Å². The maximum atomic E-state index is 10.3. The number of benzene rings is 3. The fourth-order valence-electron chi connectivity index (χ4n) is 2.85. The molecule has 0 fully saturated rings. The van der Waals surface area contributed by atoms with E-state index in [-0.39, 0.29) is 17.4 Å². The van der Waals surface area contributed by atoms with E-state index in [9.17, 15) is 29.7 Å². The standard InChI is InChI=1S/3C9H11NO2.Cr/c3*10-8(9(11)12)6-7-4-2-1-3-5-7;/h3*1-5,8H,6,10H2,(H,11,12);/q;;;+3/p-3/t3*8-;/m111./s1. The van der Waals surface area contributed by atoms with E-state index in [1.807, 2.05) is 91.0 Å². The zero-order chi connectivity index (χ0) is 26.9. The monoisotopic (exact) mass is 544 g/mol. The van der Waals surface area contributed by atoms with Gasteiger partial charge in [0, 0.05) is 18.1 Å². The van der Waals surface area contributed by atoms with Gasteiger partial charge in [-0.3, -0.25) is 0 Å². The Balaban J connectivity index is 0.000000518. The van der Waals surface area contributed by atoms with Crippen LogP contribution in [0, 0.1) is 0 Å². The number of rotatable bonds is 9. The van der Waals surface area contributed by atoms with Crippen LogP contribution in [0.5, 0.6) is 0 Å². The van der Waals surface area contributed by atoms with Crippen molar-refractivity contribution in [3.63, 3.8) is 0 Å². The second-order valence-corrected chi connectivity index (χ2v) is 7.85. The Morgan fingerprint density at radius 2 is 0.676 bits per heavy atom. The first-order chi connectivity index (χ1) is 17.1. The Morgan fingerprint density at radius 3 is 0.838 bits per heavy atom. The van der Waals surface area contributed by atoms with Crippen LogP contribution in [0.1, 0.15) is 16.7 Å². The van der Waals surface area contributed by atoms with E-state index in [0.717, 1.165) is 16.7 Å². The molecule has 9 nitrogen and oxygen atoms in total. The van der Waals surface area contributed by atoms with Crippen LogP contribution < -0.4 is 32.5 Å². The minimum absolute atomic E-state index is 0. The van der Waals surface area contributed by atoms with Crippen molar-refractivity contribution in [2.75, 3.05) is 0 Å². The molecule has 0 saturated carbocycles. The molecular formula is C27H30CrN3O6. The molecular weight excluding hydrogens is 514 g/mol. The molecule has 0 aromatic heterocycles. The van der Waals surface area contributed by atoms with E-state index in [0.29, 0.717) is 19.3 Å². The van der Waals surface area contributed by atoms with Crippen molar-refractivity contribution in [3.05, 3.63) is 108 Å². The largest absolute Gasteiger partial charge is 3.00 e. The van der Waals surface area contributed by atoms with Gasteiger partial charge in [0.05, 0.1) is 17.9 Å². The quantitative estimate of drug-likeness (QED) is 0.270. The van der Waals surface area contributed by atoms with Gasteiger partial charge >= 0.3 is 17.4 Å². The first kappa shape index (κ1) is 33.5. The summed E-state index contributed by atoms with van der Waals surface area (Å²) in [6, 6.07) is 25.0. The number of hydrogen-bond donors (Lipinski definition) is 3. The number of carbonyl (C=O) groups is 3. The molecule has 0 amide bonds. The van der Waals surface area contributed by atoms with Crippen molar-refractivity contribution >= 4 is 17.9 Å². The fraction of sp³-hybridized carbons (Fsp3) is 0.222. The Labute approximate surface area is 227 Å². The third-order valence-electron chi connectivity index (χ3n) is 4.80. The number of carbonyl (C=O) groups excluding carboxylic acids is 3. The third kappa shape index (κ3) is 15.3. The molecule has 3 aromatic carbocycles. The summed E-state index contributed by atoms with van der Waals surface area (Å²) in [6.07, 6.45) is 0.968. The maximum Gasteiger partial charge on any atom is 3.00 e. The van der Waals surface area contributed by atoms with Crippen LogP contribution in [0.15, 0.2) is 91.0 Å². The van der Waals surface area contributed by atoms with Crippen LogP contribution in [0.2, 0.25) is 0 Å². The summed E-state index contributed by atoms with van der Waals surface area (Å²) >= 11 is 0. The molecule has 0 heterocycles. The minimum Gasteiger partial charge on any atom is -0.548 e. The molecule has 0 unspecified atom stereocenters. The summed E-state index contributed by atoms with van der Waals surface area (Å²) in [5, 5.41) is 30.8. The third-order valence-corrected chi connectivity index (χ3v) is 4.80. The predicted molar refractivity (Wildman–Crippen MR) is 129 cm³/mol. The van der Waals surface area contributed by atoms with Crippen molar-refractivity contribution in [2.45, 2.75) is 37.4 Å². The number of hydrogen-bond acceptors (Lipinski definition) is 9. The first-order valence-corrected chi connectivity index (χ1v) is 11.1. The van der Waals surface area contributed by atoms with Gasteiger partial charge in [0.15, 0.2) is 0 Å². The van der Waals surface area contributed by atoms with Gasteiger partial charge in [-0.25, -0.2) is 0 Å². The molecule has 0 aliphatic rings. The number of carboxylic acids is 3. The summed E-state index contributed by atoms with van der Waals surface area (Å²) in [5.41, 5.74) is 18.6. The Hall–Kier alpha value is -3.52. The van der Waals surface area contributed by atoms with Gasteiger partial charge in [0.2, 0.25) is 0 Å². The van der Waals surface area contributed by atoms with E-state index in [4.69, 9.17) is 17.2 Å². The molecule has 0 spiro atoms. The second kappa shape index (κ2) is 18.7. The molecule has 0 bridgehead atoms. The Bertz CT molecular complexity index is 919. The van der Waals surface area contributed by atoms with Crippen molar-refractivity contribution < 1.29 is 47.1 Å². The average molecular weight is 545 g/mol. The predicted octanol–water partition coefficient (Wildman–Crippen LogP) is -2.08. The number of aliphatic carboxylic acids is 3. The van der Waals surface area contributed by atoms with Crippen molar-refractivity contribution in [1.82, 2.24) is 0 Å². The van der Waals surface area contributed by atoms with E-state index in [1.165, 1.54) is 0 Å². The summed E-state index contributed by atoms with van der Waals surface area (Å²) in [7, 11) is 0. The zero-order valence-corrected chi connectivity index (χ0v) is 21.4. The zero-order valence-electron chi connectivity index (χ0n) is 20.1. The van der Waals surface area contributed by atoms with Gasteiger partial charge < -0.3 is 46.9 Å². The van der Waals surface area contributed by atoms with Crippen molar-refractivity contribution in [2.24, 2.45) is 17.2 Å². The molecule has 0 aliphatic carbocycles. The summed E-state index contributed by atoms with van der Waals surface area (Å²) in [4.78, 5) is 30.8. The smallest absolute Gasteiger partial charge is 0.548 e. The van der Waals surface area contributed by atoms with Gasteiger partial charge in [-0.15, -0.1) is 0 Å². The first-order valence-electron chi connectivity index (χ1n) is 11.1. The van der Waals surface area contributed by atoms with Gasteiger partial charge in [-0.05, 0) is 36.0 Å². The topological polar surface area (TPSA) is 198 Å². The van der Waals surface area contributed by atoms with Crippen LogP contribution in [0.3, 0.4) is 0 Å². The number of carboxylic acid groups (broad SMARTS) is 3. The molecule has 0 aliphatic heterocycles. The van der Waals surface area contributed by atoms with Crippen LogP contribution in [0.25, 0.3) is 0 Å². The summed E-state index contributed by atoms with van der Waals surface area (Å²) in [6.45, 7) is 0. The average Bonchev–Trinajstić information content (AvgIpc) is 2.86. The number of nitrogens with two attached hydrogens (primary N) is 3. The molecule has 6 N–H and O–H groups in total. The van der Waals surface area contributed by atoms with Gasteiger partial charge in [-0.1, -0.05) is 91.0 Å². The van der Waals surface area contributed by atoms with Gasteiger partial charge in [0.1, 0.15) is 0 Å². The molecule has 0 saturated heterocycles. The van der Waals surface area contributed by atoms with Crippen LogP contribution in [-0.4, -0.2) is 36.0 Å². The van der Waals surface area contributed by atoms with Gasteiger partial charge in [-0.2, -0.15) is 0 Å². The molecule has 3 rings (SSSR count). The molecule has 1 radical (unpaired) electrons. The van der Waals surface area contributed by atoms with Crippen molar-refractivity contribution in [3.8, 4) is 0 Å². The fourth-order valence-corrected chi connectivity index (χ4v) is 2.85. The minimum atomic E-state index is -1.21. The van der Waals surface area contributed by atoms with Gasteiger partial charge in [0.25, 0.3) is 0 Å². The molecule has 195 valence electrons. The SMILES string of the molecule is N[C@H](Cc1ccccc1)C(=O)[O-].N[C@H](Cc1ccccc1)C(=O)[O-].N[C@H](Cc1ccccc1)C(=O)[O-].[Cr+3]. The van der Waals surface area contributed by atoms with E-state index in [1.54, 1.807) is 0 Å². The molecule has 10 heteroatoms. The van der Waals surface area contributed by atoms with E-state index < -0.39 is 36.0 Å². The Kier molecular flexibility index (Phi) is 16.9. The second-order valence-electron chi connectivity index (χ2n) is 7.85.